The lowest BCUT2D eigenvalue weighted by atomic mass is 10.1. The Hall–Kier alpha value is -1.42. The summed E-state index contributed by atoms with van der Waals surface area (Å²) in [6, 6.07) is 7.34. The number of hydrogen-bond acceptors (Lipinski definition) is 3. The maximum atomic E-state index is 11.0. The molecule has 3 N–H and O–H groups in total. The van der Waals surface area contributed by atoms with Gasteiger partial charge in [0.05, 0.1) is 4.99 Å². The van der Waals surface area contributed by atoms with Crippen molar-refractivity contribution >= 4 is 28.7 Å². The Bertz CT molecular complexity index is 359. The minimum Gasteiger partial charge on any atom is -0.393 e. The summed E-state index contributed by atoms with van der Waals surface area (Å²) in [7, 11) is 0. The Balaban J connectivity index is 2.50. The van der Waals surface area contributed by atoms with Crippen LogP contribution in [0.3, 0.4) is 0 Å². The quantitative estimate of drug-likeness (QED) is 0.591. The van der Waals surface area contributed by atoms with E-state index in [-0.39, 0.29) is 5.78 Å². The first-order valence-corrected chi connectivity index (χ1v) is 5.13. The third-order valence-corrected chi connectivity index (χ3v) is 2.20. The standard InChI is InChI=1S/C11H14N2OS/c1-8(14)9-2-4-10(5-3-9)13-7-6-11(12)15/h2-5,13H,6-7H2,1H3,(H2,12,15). The molecule has 3 nitrogen and oxygen atoms in total. The topological polar surface area (TPSA) is 55.1 Å². The molecule has 15 heavy (non-hydrogen) atoms. The van der Waals surface area contributed by atoms with Crippen LogP contribution in [0.15, 0.2) is 24.3 Å². The van der Waals surface area contributed by atoms with Gasteiger partial charge in [0, 0.05) is 24.2 Å². The van der Waals surface area contributed by atoms with E-state index in [0.717, 1.165) is 17.8 Å². The summed E-state index contributed by atoms with van der Waals surface area (Å²) < 4.78 is 0. The van der Waals surface area contributed by atoms with Crippen molar-refractivity contribution in [3.63, 3.8) is 0 Å². The van der Waals surface area contributed by atoms with Crippen LogP contribution in [0.25, 0.3) is 0 Å². The molecule has 0 aliphatic heterocycles. The molecule has 0 bridgehead atoms. The molecular formula is C11H14N2OS. The third kappa shape index (κ3) is 4.08. The number of benzene rings is 1. The zero-order valence-corrected chi connectivity index (χ0v) is 9.43. The molecule has 1 aromatic carbocycles. The molecule has 1 aromatic rings. The molecule has 0 spiro atoms. The lowest BCUT2D eigenvalue weighted by molar-refractivity contribution is 0.101. The van der Waals surface area contributed by atoms with Crippen molar-refractivity contribution in [2.75, 3.05) is 11.9 Å². The van der Waals surface area contributed by atoms with Gasteiger partial charge in [0.25, 0.3) is 0 Å². The second-order valence-corrected chi connectivity index (χ2v) is 3.80. The molecule has 0 radical (unpaired) electrons. The van der Waals surface area contributed by atoms with Gasteiger partial charge < -0.3 is 11.1 Å². The molecule has 1 rings (SSSR count). The highest BCUT2D eigenvalue weighted by Crippen LogP contribution is 2.09. The second kappa shape index (κ2) is 5.46. The molecule has 0 aliphatic rings. The van der Waals surface area contributed by atoms with Crippen molar-refractivity contribution in [3.05, 3.63) is 29.8 Å². The van der Waals surface area contributed by atoms with Crippen LogP contribution in [0.4, 0.5) is 5.69 Å². The van der Waals surface area contributed by atoms with E-state index in [2.05, 4.69) is 5.32 Å². The predicted octanol–water partition coefficient (Wildman–Crippen LogP) is 1.98. The first-order valence-electron chi connectivity index (χ1n) is 4.73. The van der Waals surface area contributed by atoms with Gasteiger partial charge >= 0.3 is 0 Å². The van der Waals surface area contributed by atoms with Crippen molar-refractivity contribution in [2.24, 2.45) is 5.73 Å². The monoisotopic (exact) mass is 222 g/mol. The highest BCUT2D eigenvalue weighted by molar-refractivity contribution is 7.80. The summed E-state index contributed by atoms with van der Waals surface area (Å²) in [4.78, 5) is 11.5. The number of carbonyl (C=O) groups is 1. The Morgan fingerprint density at radius 1 is 1.40 bits per heavy atom. The van der Waals surface area contributed by atoms with E-state index in [1.165, 1.54) is 0 Å². The number of anilines is 1. The number of carbonyl (C=O) groups excluding carboxylic acids is 1. The van der Waals surface area contributed by atoms with Gasteiger partial charge in [-0.3, -0.25) is 4.79 Å². The first-order chi connectivity index (χ1) is 7.09. The molecule has 80 valence electrons. The van der Waals surface area contributed by atoms with Gasteiger partial charge in [-0.15, -0.1) is 0 Å². The van der Waals surface area contributed by atoms with E-state index in [9.17, 15) is 4.79 Å². The molecule has 0 aliphatic carbocycles. The highest BCUT2D eigenvalue weighted by atomic mass is 32.1. The van der Waals surface area contributed by atoms with E-state index in [1.54, 1.807) is 19.1 Å². The molecule has 0 heterocycles. The minimum absolute atomic E-state index is 0.0738. The van der Waals surface area contributed by atoms with Crippen molar-refractivity contribution in [2.45, 2.75) is 13.3 Å². The fourth-order valence-corrected chi connectivity index (χ4v) is 1.25. The van der Waals surface area contributed by atoms with E-state index in [1.807, 2.05) is 12.1 Å². The van der Waals surface area contributed by atoms with Gasteiger partial charge in [0.1, 0.15) is 0 Å². The van der Waals surface area contributed by atoms with Gasteiger partial charge in [-0.1, -0.05) is 12.2 Å². The maximum absolute atomic E-state index is 11.0. The van der Waals surface area contributed by atoms with E-state index < -0.39 is 0 Å². The lowest BCUT2D eigenvalue weighted by Crippen LogP contribution is -2.13. The molecule has 4 heteroatoms. The van der Waals surface area contributed by atoms with Gasteiger partial charge in [-0.2, -0.15) is 0 Å². The van der Waals surface area contributed by atoms with E-state index >= 15 is 0 Å². The predicted molar refractivity (Wildman–Crippen MR) is 66.3 cm³/mol. The van der Waals surface area contributed by atoms with Crippen LogP contribution in [-0.2, 0) is 0 Å². The van der Waals surface area contributed by atoms with Crippen molar-refractivity contribution in [1.82, 2.24) is 0 Å². The third-order valence-electron chi connectivity index (χ3n) is 1.99. The van der Waals surface area contributed by atoms with Crippen molar-refractivity contribution in [1.29, 1.82) is 0 Å². The first kappa shape index (κ1) is 11.7. The number of Topliss-reactive ketones (excluding diaryl/α,β-unsaturated/α-hetero) is 1. The summed E-state index contributed by atoms with van der Waals surface area (Å²) in [5.74, 6) is 0.0738. The zero-order valence-electron chi connectivity index (χ0n) is 8.62. The summed E-state index contributed by atoms with van der Waals surface area (Å²) in [6.45, 7) is 2.27. The second-order valence-electron chi connectivity index (χ2n) is 3.28. The van der Waals surface area contributed by atoms with Crippen molar-refractivity contribution in [3.8, 4) is 0 Å². The number of ketones is 1. The maximum Gasteiger partial charge on any atom is 0.159 e. The molecule has 0 unspecified atom stereocenters. The molecule has 0 saturated carbocycles. The average Bonchev–Trinajstić information content (AvgIpc) is 2.18. The zero-order chi connectivity index (χ0) is 11.3. The Morgan fingerprint density at radius 2 is 2.00 bits per heavy atom. The van der Waals surface area contributed by atoms with Crippen LogP contribution in [0.1, 0.15) is 23.7 Å². The summed E-state index contributed by atoms with van der Waals surface area (Å²) in [5, 5.41) is 3.16. The van der Waals surface area contributed by atoms with Gasteiger partial charge in [-0.05, 0) is 31.2 Å². The molecule has 0 aromatic heterocycles. The van der Waals surface area contributed by atoms with Crippen LogP contribution < -0.4 is 11.1 Å². The van der Waals surface area contributed by atoms with Crippen LogP contribution >= 0.6 is 12.2 Å². The van der Waals surface area contributed by atoms with Crippen LogP contribution in [0, 0.1) is 0 Å². The minimum atomic E-state index is 0.0738. The normalized spacial score (nSPS) is 9.67. The summed E-state index contributed by atoms with van der Waals surface area (Å²) in [6.07, 6.45) is 0.670. The molecule has 0 amide bonds. The van der Waals surface area contributed by atoms with Gasteiger partial charge in [0.15, 0.2) is 5.78 Å². The SMILES string of the molecule is CC(=O)c1ccc(NCCC(N)=S)cc1. The van der Waals surface area contributed by atoms with Gasteiger partial charge in [0.2, 0.25) is 0 Å². The van der Waals surface area contributed by atoms with Crippen LogP contribution in [0.5, 0.6) is 0 Å². The molecular weight excluding hydrogens is 208 g/mol. The lowest BCUT2D eigenvalue weighted by Gasteiger charge is -2.05. The number of hydrogen-bond donors (Lipinski definition) is 2. The van der Waals surface area contributed by atoms with Crippen LogP contribution in [-0.4, -0.2) is 17.3 Å². The largest absolute Gasteiger partial charge is 0.393 e. The van der Waals surface area contributed by atoms with E-state index in [4.69, 9.17) is 18.0 Å². The molecule has 0 saturated heterocycles. The fourth-order valence-electron chi connectivity index (χ4n) is 1.15. The number of thiocarbonyl (C=S) groups is 1. The number of rotatable bonds is 5. The van der Waals surface area contributed by atoms with E-state index in [0.29, 0.717) is 11.4 Å². The smallest absolute Gasteiger partial charge is 0.159 e. The number of nitrogens with two attached hydrogens (primary N) is 1. The van der Waals surface area contributed by atoms with Crippen molar-refractivity contribution < 1.29 is 4.79 Å². The Labute approximate surface area is 94.7 Å². The Kier molecular flexibility index (Phi) is 4.24. The van der Waals surface area contributed by atoms with Crippen LogP contribution in [0.2, 0.25) is 0 Å². The highest BCUT2D eigenvalue weighted by Gasteiger charge is 1.98. The fraction of sp³-hybridized carbons (Fsp3) is 0.273. The average molecular weight is 222 g/mol. The Morgan fingerprint density at radius 3 is 2.47 bits per heavy atom. The molecule has 0 atom stereocenters. The summed E-state index contributed by atoms with van der Waals surface area (Å²) in [5.41, 5.74) is 7.05. The number of nitrogens with one attached hydrogen (secondary N) is 1. The molecule has 0 fully saturated rings. The summed E-state index contributed by atoms with van der Waals surface area (Å²) >= 11 is 4.76. The van der Waals surface area contributed by atoms with Gasteiger partial charge in [-0.25, -0.2) is 0 Å².